The molecule has 2 N–H and O–H groups in total. The molecule has 0 spiro atoms. The van der Waals surface area contributed by atoms with Gasteiger partial charge in [0.2, 0.25) is 5.91 Å². The predicted molar refractivity (Wildman–Crippen MR) is 95.7 cm³/mol. The lowest BCUT2D eigenvalue weighted by Gasteiger charge is -2.42. The van der Waals surface area contributed by atoms with Crippen LogP contribution in [0.25, 0.3) is 0 Å². The zero-order chi connectivity index (χ0) is 18.4. The predicted octanol–water partition coefficient (Wildman–Crippen LogP) is 2.07. The molecule has 6 heteroatoms. The van der Waals surface area contributed by atoms with Gasteiger partial charge in [-0.25, -0.2) is 0 Å². The highest BCUT2D eigenvalue weighted by Gasteiger charge is 2.34. The first kappa shape index (κ1) is 19.2. The Balaban J connectivity index is 1.82. The van der Waals surface area contributed by atoms with E-state index >= 15 is 0 Å². The van der Waals surface area contributed by atoms with Crippen LogP contribution in [0.2, 0.25) is 0 Å². The van der Waals surface area contributed by atoms with E-state index < -0.39 is 5.97 Å². The third-order valence-electron chi connectivity index (χ3n) is 4.43. The summed E-state index contributed by atoms with van der Waals surface area (Å²) in [6.07, 6.45) is 1.95. The van der Waals surface area contributed by atoms with Gasteiger partial charge in [-0.1, -0.05) is 25.1 Å². The van der Waals surface area contributed by atoms with Gasteiger partial charge in [0.05, 0.1) is 19.1 Å². The van der Waals surface area contributed by atoms with Gasteiger partial charge in [-0.2, -0.15) is 0 Å². The molecule has 1 fully saturated rings. The second kappa shape index (κ2) is 8.85. The Morgan fingerprint density at radius 2 is 2.00 bits per heavy atom. The second-order valence-corrected chi connectivity index (χ2v) is 6.80. The fourth-order valence-electron chi connectivity index (χ4n) is 3.15. The zero-order valence-electron chi connectivity index (χ0n) is 15.2. The molecule has 0 saturated heterocycles. The molecule has 138 valence electrons. The minimum atomic E-state index is -0.809. The fraction of sp³-hybridized carbons (Fsp3) is 0.579. The summed E-state index contributed by atoms with van der Waals surface area (Å²) in [6.45, 7) is 6.64. The van der Waals surface area contributed by atoms with E-state index in [9.17, 15) is 9.59 Å². The van der Waals surface area contributed by atoms with E-state index in [1.807, 2.05) is 49.9 Å². The first-order chi connectivity index (χ1) is 11.9. The first-order valence-corrected chi connectivity index (χ1v) is 8.88. The fourth-order valence-corrected chi connectivity index (χ4v) is 3.15. The van der Waals surface area contributed by atoms with Crippen LogP contribution >= 0.6 is 0 Å². The van der Waals surface area contributed by atoms with Gasteiger partial charge in [0, 0.05) is 17.6 Å². The van der Waals surface area contributed by atoms with Crippen molar-refractivity contribution in [2.24, 2.45) is 0 Å². The minimum absolute atomic E-state index is 0.0236. The summed E-state index contributed by atoms with van der Waals surface area (Å²) < 4.78 is 5.75. The maximum absolute atomic E-state index is 12.3. The lowest BCUT2D eigenvalue weighted by Crippen LogP contribution is -2.55. The van der Waals surface area contributed by atoms with E-state index in [1.165, 1.54) is 0 Å². The topological polar surface area (TPSA) is 78.9 Å². The summed E-state index contributed by atoms with van der Waals surface area (Å²) in [4.78, 5) is 25.1. The van der Waals surface area contributed by atoms with Crippen LogP contribution in [0.4, 0.5) is 0 Å². The molecule has 1 amide bonds. The monoisotopic (exact) mass is 348 g/mol. The number of nitrogens with zero attached hydrogens (tertiary/aromatic N) is 1. The number of amides is 1. The Labute approximate surface area is 149 Å². The Hall–Kier alpha value is -2.08. The van der Waals surface area contributed by atoms with Crippen molar-refractivity contribution in [2.45, 2.75) is 58.2 Å². The lowest BCUT2D eigenvalue weighted by molar-refractivity contribution is -0.139. The Kier molecular flexibility index (Phi) is 6.82. The van der Waals surface area contributed by atoms with Gasteiger partial charge in [0.1, 0.15) is 5.75 Å². The van der Waals surface area contributed by atoms with Crippen LogP contribution in [0.15, 0.2) is 24.3 Å². The molecule has 1 aliphatic carbocycles. The molecule has 25 heavy (non-hydrogen) atoms. The van der Waals surface area contributed by atoms with Gasteiger partial charge < -0.3 is 15.2 Å². The Morgan fingerprint density at radius 1 is 1.32 bits per heavy atom. The molecule has 0 bridgehead atoms. The van der Waals surface area contributed by atoms with Gasteiger partial charge in [-0.05, 0) is 39.3 Å². The number of ether oxygens (including phenoxy) is 1. The number of likely N-dealkylation sites (N-methyl/N-ethyl adjacent to an activating group) is 1. The van der Waals surface area contributed by atoms with Crippen molar-refractivity contribution < 1.29 is 19.4 Å². The number of aliphatic carboxylic acids is 1. The van der Waals surface area contributed by atoms with Gasteiger partial charge in [0.25, 0.3) is 0 Å². The molecule has 1 saturated carbocycles. The molecular weight excluding hydrogens is 320 g/mol. The molecule has 1 aromatic rings. The van der Waals surface area contributed by atoms with Gasteiger partial charge >= 0.3 is 5.97 Å². The smallest absolute Gasteiger partial charge is 0.317 e. The van der Waals surface area contributed by atoms with Gasteiger partial charge in [-0.3, -0.25) is 14.5 Å². The number of carboxylic acid groups (broad SMARTS) is 1. The van der Waals surface area contributed by atoms with Gasteiger partial charge in [-0.15, -0.1) is 0 Å². The maximum Gasteiger partial charge on any atom is 0.317 e. The number of hydrogen-bond acceptors (Lipinski definition) is 4. The SMILES string of the molecule is CCN(CC(=O)O)C1CC(NC(=O)Cc2ccccc2OC(C)C)C1. The maximum atomic E-state index is 12.3. The van der Waals surface area contributed by atoms with E-state index in [0.29, 0.717) is 6.54 Å². The van der Waals surface area contributed by atoms with Crippen LogP contribution in [-0.2, 0) is 16.0 Å². The summed E-state index contributed by atoms with van der Waals surface area (Å²) in [5, 5.41) is 12.0. The molecule has 2 rings (SSSR count). The molecule has 0 atom stereocenters. The summed E-state index contributed by atoms with van der Waals surface area (Å²) in [5.41, 5.74) is 0.880. The van der Waals surface area contributed by atoms with Crippen molar-refractivity contribution in [3.05, 3.63) is 29.8 Å². The lowest BCUT2D eigenvalue weighted by atomic mass is 9.85. The highest BCUT2D eigenvalue weighted by Crippen LogP contribution is 2.26. The largest absolute Gasteiger partial charge is 0.491 e. The molecule has 0 aliphatic heterocycles. The summed E-state index contributed by atoms with van der Waals surface area (Å²) in [7, 11) is 0. The van der Waals surface area contributed by atoms with Gasteiger partial charge in [0.15, 0.2) is 0 Å². The van der Waals surface area contributed by atoms with Crippen LogP contribution in [-0.4, -0.2) is 53.2 Å². The summed E-state index contributed by atoms with van der Waals surface area (Å²) >= 11 is 0. The number of carboxylic acids is 1. The second-order valence-electron chi connectivity index (χ2n) is 6.80. The molecule has 0 radical (unpaired) electrons. The molecule has 0 aromatic heterocycles. The van der Waals surface area contributed by atoms with Crippen LogP contribution < -0.4 is 10.1 Å². The highest BCUT2D eigenvalue weighted by atomic mass is 16.5. The average molecular weight is 348 g/mol. The van der Waals surface area contributed by atoms with E-state index in [1.54, 1.807) is 0 Å². The van der Waals surface area contributed by atoms with E-state index in [2.05, 4.69) is 5.32 Å². The minimum Gasteiger partial charge on any atom is -0.491 e. The van der Waals surface area contributed by atoms with E-state index in [4.69, 9.17) is 9.84 Å². The molecule has 1 aliphatic rings. The molecular formula is C19H28N2O4. The zero-order valence-corrected chi connectivity index (χ0v) is 15.2. The van der Waals surface area contributed by atoms with Crippen molar-refractivity contribution in [1.29, 1.82) is 0 Å². The van der Waals surface area contributed by atoms with Crippen LogP contribution in [0.1, 0.15) is 39.2 Å². The standard InChI is InChI=1S/C19H28N2O4/c1-4-21(12-19(23)24)16-10-15(11-16)20-18(22)9-14-7-5-6-8-17(14)25-13(2)3/h5-8,13,15-16H,4,9-12H2,1-3H3,(H,20,22)(H,23,24). The van der Waals surface area contributed by atoms with E-state index in [-0.39, 0.29) is 37.1 Å². The Bertz CT molecular complexity index is 597. The van der Waals surface area contributed by atoms with Crippen molar-refractivity contribution in [1.82, 2.24) is 10.2 Å². The highest BCUT2D eigenvalue weighted by molar-refractivity contribution is 5.79. The van der Waals surface area contributed by atoms with Crippen molar-refractivity contribution in [3.63, 3.8) is 0 Å². The normalized spacial score (nSPS) is 19.6. The van der Waals surface area contributed by atoms with Crippen LogP contribution in [0.5, 0.6) is 5.75 Å². The van der Waals surface area contributed by atoms with Crippen LogP contribution in [0, 0.1) is 0 Å². The van der Waals surface area contributed by atoms with Crippen molar-refractivity contribution >= 4 is 11.9 Å². The summed E-state index contributed by atoms with van der Waals surface area (Å²) in [5.74, 6) is -0.0848. The molecule has 0 heterocycles. The number of benzene rings is 1. The number of hydrogen-bond donors (Lipinski definition) is 2. The van der Waals surface area contributed by atoms with E-state index in [0.717, 1.165) is 24.2 Å². The number of carbonyl (C=O) groups is 2. The third-order valence-corrected chi connectivity index (χ3v) is 4.43. The van der Waals surface area contributed by atoms with Crippen molar-refractivity contribution in [3.8, 4) is 5.75 Å². The molecule has 6 nitrogen and oxygen atoms in total. The van der Waals surface area contributed by atoms with Crippen LogP contribution in [0.3, 0.4) is 0 Å². The number of rotatable bonds is 9. The first-order valence-electron chi connectivity index (χ1n) is 8.88. The number of carbonyl (C=O) groups excluding carboxylic acids is 1. The Morgan fingerprint density at radius 3 is 2.60 bits per heavy atom. The number of para-hydroxylation sites is 1. The summed E-state index contributed by atoms with van der Waals surface area (Å²) in [6, 6.07) is 7.96. The average Bonchev–Trinajstić information content (AvgIpc) is 2.49. The molecule has 0 unspecified atom stereocenters. The number of nitrogens with one attached hydrogen (secondary N) is 1. The third kappa shape index (κ3) is 5.74. The quantitative estimate of drug-likeness (QED) is 0.714. The van der Waals surface area contributed by atoms with Crippen molar-refractivity contribution in [2.75, 3.05) is 13.1 Å². The molecule has 1 aromatic carbocycles.